The fraction of sp³-hybridized carbons (Fsp3) is 0.588. The highest BCUT2D eigenvalue weighted by atomic mass is 19.1. The van der Waals surface area contributed by atoms with E-state index in [2.05, 4.69) is 5.32 Å². The van der Waals surface area contributed by atoms with Gasteiger partial charge in [-0.15, -0.1) is 0 Å². The molecule has 7 heteroatoms. The zero-order valence-corrected chi connectivity index (χ0v) is 13.4. The molecule has 2 aliphatic heterocycles. The summed E-state index contributed by atoms with van der Waals surface area (Å²) in [5, 5.41) is 12.9. The number of β-amino-alcohol motifs (C(OH)–C–C–N with tert-alkyl or cyclic N) is 1. The largest absolute Gasteiger partial charge is 0.392 e. The van der Waals surface area contributed by atoms with Gasteiger partial charge in [0, 0.05) is 37.4 Å². The van der Waals surface area contributed by atoms with Crippen molar-refractivity contribution in [3.05, 3.63) is 35.4 Å². The van der Waals surface area contributed by atoms with Crippen molar-refractivity contribution in [2.24, 2.45) is 0 Å². The van der Waals surface area contributed by atoms with Gasteiger partial charge in [-0.3, -0.25) is 9.69 Å². The molecule has 5 nitrogen and oxygen atoms in total. The summed E-state index contributed by atoms with van der Waals surface area (Å²) in [4.78, 5) is 14.0. The molecule has 2 heterocycles. The van der Waals surface area contributed by atoms with Crippen molar-refractivity contribution in [3.63, 3.8) is 0 Å². The van der Waals surface area contributed by atoms with Crippen molar-refractivity contribution in [3.8, 4) is 0 Å². The maximum Gasteiger partial charge on any atom is 0.234 e. The summed E-state index contributed by atoms with van der Waals surface area (Å²) in [5.74, 6) is -1.22. The second-order valence-corrected chi connectivity index (χ2v) is 6.45. The van der Waals surface area contributed by atoms with Gasteiger partial charge in [0.25, 0.3) is 0 Å². The monoisotopic (exact) mass is 340 g/mol. The Labute approximate surface area is 139 Å². The summed E-state index contributed by atoms with van der Waals surface area (Å²) in [7, 11) is 0. The lowest BCUT2D eigenvalue weighted by Crippen LogP contribution is -2.44. The number of carbonyl (C=O) groups is 1. The number of halogens is 2. The minimum atomic E-state index is -0.659. The number of hydrogen-bond acceptors (Lipinski definition) is 4. The van der Waals surface area contributed by atoms with Crippen molar-refractivity contribution in [2.45, 2.75) is 37.5 Å². The third-order valence-corrected chi connectivity index (χ3v) is 4.63. The average Bonchev–Trinajstić information content (AvgIpc) is 2.90. The van der Waals surface area contributed by atoms with E-state index >= 15 is 0 Å². The van der Waals surface area contributed by atoms with Gasteiger partial charge in [-0.1, -0.05) is 0 Å². The average molecular weight is 340 g/mol. The minimum Gasteiger partial charge on any atom is -0.392 e. The number of likely N-dealkylation sites (tertiary alicyclic amines) is 1. The first-order valence-corrected chi connectivity index (χ1v) is 8.27. The van der Waals surface area contributed by atoms with E-state index in [1.54, 1.807) is 4.90 Å². The summed E-state index contributed by atoms with van der Waals surface area (Å²) in [6, 6.07) is 2.86. The number of carbonyl (C=O) groups excluding carboxylic acids is 1. The molecule has 0 aromatic heterocycles. The van der Waals surface area contributed by atoms with Crippen LogP contribution in [-0.4, -0.2) is 54.4 Å². The summed E-state index contributed by atoms with van der Waals surface area (Å²) in [6.07, 6.45) is 1.17. The predicted octanol–water partition coefficient (Wildman–Crippen LogP) is 1.37. The van der Waals surface area contributed by atoms with E-state index in [1.165, 1.54) is 0 Å². The Morgan fingerprint density at radius 3 is 2.83 bits per heavy atom. The number of nitrogens with zero attached hydrogens (tertiary/aromatic N) is 1. The van der Waals surface area contributed by atoms with E-state index in [4.69, 9.17) is 4.74 Å². The Kier molecular flexibility index (Phi) is 5.43. The molecular formula is C17H22F2N2O3. The Morgan fingerprint density at radius 2 is 2.08 bits per heavy atom. The van der Waals surface area contributed by atoms with E-state index in [1.807, 2.05) is 0 Å². The maximum absolute atomic E-state index is 14.0. The number of aliphatic hydroxyl groups is 1. The first-order valence-electron chi connectivity index (χ1n) is 8.27. The molecule has 0 saturated carbocycles. The standard InChI is InChI=1S/C17H22F2N2O3/c18-11-1-2-15(19)14(7-11)16-8-13(22)9-21(16)10-17(23)20-12-3-5-24-6-4-12/h1-2,7,12-13,16,22H,3-6,8-10H2,(H,20,23)/t13-,16+/m1/s1. The fourth-order valence-corrected chi connectivity index (χ4v) is 3.45. The van der Waals surface area contributed by atoms with Crippen LogP contribution < -0.4 is 5.32 Å². The van der Waals surface area contributed by atoms with Crippen molar-refractivity contribution in [1.29, 1.82) is 0 Å². The van der Waals surface area contributed by atoms with E-state index < -0.39 is 23.8 Å². The molecule has 2 N–H and O–H groups in total. The van der Waals surface area contributed by atoms with Crippen LogP contribution in [0.15, 0.2) is 18.2 Å². The van der Waals surface area contributed by atoms with Gasteiger partial charge in [0.2, 0.25) is 5.91 Å². The van der Waals surface area contributed by atoms with Crippen LogP contribution in [0.1, 0.15) is 30.9 Å². The molecule has 2 fully saturated rings. The summed E-state index contributed by atoms with van der Waals surface area (Å²) in [5.41, 5.74) is 0.186. The number of nitrogens with one attached hydrogen (secondary N) is 1. The Bertz CT molecular complexity index is 593. The van der Waals surface area contributed by atoms with Crippen LogP contribution in [0.4, 0.5) is 8.78 Å². The molecule has 0 radical (unpaired) electrons. The van der Waals surface area contributed by atoms with Gasteiger partial charge in [0.1, 0.15) is 11.6 Å². The molecule has 2 saturated heterocycles. The first kappa shape index (κ1) is 17.3. The summed E-state index contributed by atoms with van der Waals surface area (Å²) in [6.45, 7) is 1.58. The smallest absolute Gasteiger partial charge is 0.234 e. The number of benzene rings is 1. The minimum absolute atomic E-state index is 0.0506. The number of aliphatic hydroxyl groups excluding tert-OH is 1. The Morgan fingerprint density at radius 1 is 1.33 bits per heavy atom. The second-order valence-electron chi connectivity index (χ2n) is 6.45. The molecule has 1 aromatic rings. The molecule has 0 unspecified atom stereocenters. The van der Waals surface area contributed by atoms with Gasteiger partial charge < -0.3 is 15.2 Å². The lowest BCUT2D eigenvalue weighted by Gasteiger charge is -2.27. The Hall–Kier alpha value is -1.57. The number of amides is 1. The molecule has 0 bridgehead atoms. The topological polar surface area (TPSA) is 61.8 Å². The maximum atomic E-state index is 14.0. The molecule has 0 spiro atoms. The molecule has 2 aliphatic rings. The fourth-order valence-electron chi connectivity index (χ4n) is 3.45. The highest BCUT2D eigenvalue weighted by Gasteiger charge is 2.35. The van der Waals surface area contributed by atoms with Crippen LogP contribution in [0.5, 0.6) is 0 Å². The molecule has 1 amide bonds. The highest BCUT2D eigenvalue weighted by Crippen LogP contribution is 2.33. The van der Waals surface area contributed by atoms with Crippen molar-refractivity contribution in [2.75, 3.05) is 26.3 Å². The molecule has 3 rings (SSSR count). The SMILES string of the molecule is O=C(CN1C[C@H](O)C[C@H]1c1cc(F)ccc1F)NC1CCOCC1. The molecule has 24 heavy (non-hydrogen) atoms. The third-order valence-electron chi connectivity index (χ3n) is 4.63. The first-order chi connectivity index (χ1) is 11.5. The number of rotatable bonds is 4. The van der Waals surface area contributed by atoms with Crippen LogP contribution >= 0.6 is 0 Å². The Balaban J connectivity index is 1.66. The normalized spacial score (nSPS) is 25.8. The van der Waals surface area contributed by atoms with Crippen molar-refractivity contribution >= 4 is 5.91 Å². The third kappa shape index (κ3) is 4.09. The summed E-state index contributed by atoms with van der Waals surface area (Å²) < 4.78 is 32.8. The van der Waals surface area contributed by atoms with E-state index in [9.17, 15) is 18.7 Å². The van der Waals surface area contributed by atoms with Gasteiger partial charge in [-0.25, -0.2) is 8.78 Å². The quantitative estimate of drug-likeness (QED) is 0.869. The van der Waals surface area contributed by atoms with Crippen LogP contribution in [0, 0.1) is 11.6 Å². The number of ether oxygens (including phenoxy) is 1. The predicted molar refractivity (Wildman–Crippen MR) is 83.3 cm³/mol. The molecular weight excluding hydrogens is 318 g/mol. The summed E-state index contributed by atoms with van der Waals surface area (Å²) >= 11 is 0. The second kappa shape index (κ2) is 7.55. The molecule has 2 atom stereocenters. The molecule has 0 aliphatic carbocycles. The van der Waals surface area contributed by atoms with Crippen LogP contribution in [0.2, 0.25) is 0 Å². The lowest BCUT2D eigenvalue weighted by atomic mass is 10.0. The van der Waals surface area contributed by atoms with E-state index in [0.29, 0.717) is 13.2 Å². The zero-order valence-electron chi connectivity index (χ0n) is 13.4. The van der Waals surface area contributed by atoms with Gasteiger partial charge >= 0.3 is 0 Å². The van der Waals surface area contributed by atoms with Crippen LogP contribution in [0.25, 0.3) is 0 Å². The molecule has 132 valence electrons. The van der Waals surface area contributed by atoms with Crippen LogP contribution in [-0.2, 0) is 9.53 Å². The van der Waals surface area contributed by atoms with Crippen molar-refractivity contribution < 1.29 is 23.4 Å². The van der Waals surface area contributed by atoms with Gasteiger partial charge in [-0.05, 0) is 37.5 Å². The highest BCUT2D eigenvalue weighted by molar-refractivity contribution is 5.78. The number of hydrogen-bond donors (Lipinski definition) is 2. The van der Waals surface area contributed by atoms with Gasteiger partial charge in [0.05, 0.1) is 12.6 Å². The van der Waals surface area contributed by atoms with Crippen molar-refractivity contribution in [1.82, 2.24) is 10.2 Å². The lowest BCUT2D eigenvalue weighted by molar-refractivity contribution is -0.123. The van der Waals surface area contributed by atoms with Gasteiger partial charge in [0.15, 0.2) is 0 Å². The molecule has 1 aromatic carbocycles. The van der Waals surface area contributed by atoms with E-state index in [-0.39, 0.29) is 37.0 Å². The van der Waals surface area contributed by atoms with Gasteiger partial charge in [-0.2, -0.15) is 0 Å². The zero-order chi connectivity index (χ0) is 17.1. The van der Waals surface area contributed by atoms with Crippen LogP contribution in [0.3, 0.4) is 0 Å². The van der Waals surface area contributed by atoms with E-state index in [0.717, 1.165) is 31.0 Å².